The molecule has 2 atom stereocenters. The summed E-state index contributed by atoms with van der Waals surface area (Å²) in [6.07, 6.45) is 0.661. The van der Waals surface area contributed by atoms with E-state index in [2.05, 4.69) is 5.32 Å². The number of likely N-dealkylation sites (tertiary alicyclic amines) is 1. The van der Waals surface area contributed by atoms with E-state index in [1.54, 1.807) is 17.0 Å². The number of rotatable bonds is 4. The Labute approximate surface area is 153 Å². The molecule has 2 amide bonds. The number of aryl methyl sites for hydroxylation is 1. The average Bonchev–Trinajstić information content (AvgIpc) is 2.68. The molecule has 1 heterocycles. The number of benzene rings is 2. The van der Waals surface area contributed by atoms with Crippen molar-refractivity contribution in [2.75, 3.05) is 19.7 Å². The lowest BCUT2D eigenvalue weighted by atomic mass is 9.91. The molecule has 2 aromatic rings. The monoisotopic (exact) mass is 352 g/mol. The van der Waals surface area contributed by atoms with Gasteiger partial charge in [0.1, 0.15) is 0 Å². The number of aliphatic hydroxyl groups excluding tert-OH is 1. The van der Waals surface area contributed by atoms with Gasteiger partial charge in [0, 0.05) is 36.7 Å². The normalized spacial score (nSPS) is 19.8. The highest BCUT2D eigenvalue weighted by Gasteiger charge is 2.32. The molecule has 1 saturated heterocycles. The van der Waals surface area contributed by atoms with Crippen molar-refractivity contribution >= 4 is 11.8 Å². The second-order valence-electron chi connectivity index (χ2n) is 6.80. The first kappa shape index (κ1) is 18.1. The summed E-state index contributed by atoms with van der Waals surface area (Å²) >= 11 is 0. The van der Waals surface area contributed by atoms with Gasteiger partial charge in [-0.3, -0.25) is 9.59 Å². The number of aliphatic hydroxyl groups is 1. The Morgan fingerprint density at radius 3 is 2.54 bits per heavy atom. The number of nitrogens with zero attached hydrogens (tertiary/aromatic N) is 1. The van der Waals surface area contributed by atoms with Crippen molar-refractivity contribution in [1.29, 1.82) is 0 Å². The first-order valence-corrected chi connectivity index (χ1v) is 8.91. The van der Waals surface area contributed by atoms with Crippen LogP contribution in [0.1, 0.15) is 32.7 Å². The zero-order valence-corrected chi connectivity index (χ0v) is 14.9. The highest BCUT2D eigenvalue weighted by atomic mass is 16.3. The quantitative estimate of drug-likeness (QED) is 0.887. The minimum absolute atomic E-state index is 0.00773. The van der Waals surface area contributed by atoms with Gasteiger partial charge in [-0.2, -0.15) is 0 Å². The SMILES string of the molecule is Cc1cccc(C(=O)N2CC[C@H](CO)[C@H](NC(=O)c3ccccc3)C2)c1. The number of piperidine rings is 1. The molecule has 5 nitrogen and oxygen atoms in total. The van der Waals surface area contributed by atoms with E-state index in [-0.39, 0.29) is 30.4 Å². The lowest BCUT2D eigenvalue weighted by molar-refractivity contribution is 0.0541. The summed E-state index contributed by atoms with van der Waals surface area (Å²) < 4.78 is 0. The molecule has 26 heavy (non-hydrogen) atoms. The number of carbonyl (C=O) groups is 2. The van der Waals surface area contributed by atoms with Gasteiger partial charge in [-0.15, -0.1) is 0 Å². The molecule has 1 fully saturated rings. The van der Waals surface area contributed by atoms with Crippen LogP contribution in [0, 0.1) is 12.8 Å². The molecule has 0 aromatic heterocycles. The maximum Gasteiger partial charge on any atom is 0.253 e. The summed E-state index contributed by atoms with van der Waals surface area (Å²) in [4.78, 5) is 27.0. The zero-order chi connectivity index (χ0) is 18.5. The second-order valence-corrected chi connectivity index (χ2v) is 6.80. The molecule has 0 unspecified atom stereocenters. The van der Waals surface area contributed by atoms with Crippen molar-refractivity contribution in [1.82, 2.24) is 10.2 Å². The molecule has 2 N–H and O–H groups in total. The van der Waals surface area contributed by atoms with Gasteiger partial charge >= 0.3 is 0 Å². The minimum Gasteiger partial charge on any atom is -0.396 e. The third-order valence-corrected chi connectivity index (χ3v) is 4.90. The topological polar surface area (TPSA) is 69.6 Å². The summed E-state index contributed by atoms with van der Waals surface area (Å²) in [7, 11) is 0. The van der Waals surface area contributed by atoms with Gasteiger partial charge in [-0.05, 0) is 37.6 Å². The Morgan fingerprint density at radius 1 is 1.12 bits per heavy atom. The Balaban J connectivity index is 1.72. The van der Waals surface area contributed by atoms with Gasteiger partial charge in [0.2, 0.25) is 0 Å². The van der Waals surface area contributed by atoms with Gasteiger partial charge in [0.15, 0.2) is 0 Å². The Hall–Kier alpha value is -2.66. The van der Waals surface area contributed by atoms with Gasteiger partial charge in [-0.1, -0.05) is 35.9 Å². The van der Waals surface area contributed by atoms with Crippen LogP contribution >= 0.6 is 0 Å². The summed E-state index contributed by atoms with van der Waals surface area (Å²) in [5, 5.41) is 12.7. The fourth-order valence-corrected chi connectivity index (χ4v) is 3.37. The van der Waals surface area contributed by atoms with E-state index >= 15 is 0 Å². The molecule has 0 spiro atoms. The lowest BCUT2D eigenvalue weighted by Gasteiger charge is -2.38. The third-order valence-electron chi connectivity index (χ3n) is 4.90. The molecule has 136 valence electrons. The van der Waals surface area contributed by atoms with Crippen molar-refractivity contribution in [3.8, 4) is 0 Å². The molecule has 1 aliphatic heterocycles. The maximum absolute atomic E-state index is 12.8. The van der Waals surface area contributed by atoms with E-state index in [0.29, 0.717) is 30.6 Å². The Morgan fingerprint density at radius 2 is 1.85 bits per heavy atom. The lowest BCUT2D eigenvalue weighted by Crippen LogP contribution is -2.55. The van der Waals surface area contributed by atoms with Crippen LogP contribution < -0.4 is 5.32 Å². The molecular formula is C21H24N2O3. The van der Waals surface area contributed by atoms with Gasteiger partial charge in [0.05, 0.1) is 6.04 Å². The molecular weight excluding hydrogens is 328 g/mol. The number of hydrogen-bond acceptors (Lipinski definition) is 3. The van der Waals surface area contributed by atoms with Gasteiger partial charge in [-0.25, -0.2) is 0 Å². The molecule has 0 radical (unpaired) electrons. The van der Waals surface area contributed by atoms with Crippen molar-refractivity contribution in [3.63, 3.8) is 0 Å². The van der Waals surface area contributed by atoms with Crippen LogP contribution in [0.3, 0.4) is 0 Å². The van der Waals surface area contributed by atoms with E-state index < -0.39 is 0 Å². The van der Waals surface area contributed by atoms with Crippen LogP contribution in [-0.4, -0.2) is 47.6 Å². The van der Waals surface area contributed by atoms with E-state index in [0.717, 1.165) is 5.56 Å². The Kier molecular flexibility index (Phi) is 5.68. The smallest absolute Gasteiger partial charge is 0.253 e. The predicted molar refractivity (Wildman–Crippen MR) is 100.0 cm³/mol. The van der Waals surface area contributed by atoms with Crippen molar-refractivity contribution < 1.29 is 14.7 Å². The first-order valence-electron chi connectivity index (χ1n) is 8.91. The van der Waals surface area contributed by atoms with Crippen LogP contribution in [-0.2, 0) is 0 Å². The molecule has 0 aliphatic carbocycles. The number of amides is 2. The molecule has 2 aromatic carbocycles. The molecule has 1 aliphatic rings. The van der Waals surface area contributed by atoms with E-state index in [1.165, 1.54) is 0 Å². The second kappa shape index (κ2) is 8.15. The average molecular weight is 352 g/mol. The molecule has 0 saturated carbocycles. The predicted octanol–water partition coefficient (Wildman–Crippen LogP) is 2.25. The third kappa shape index (κ3) is 4.11. The minimum atomic E-state index is -0.268. The first-order chi connectivity index (χ1) is 12.6. The van der Waals surface area contributed by atoms with Crippen LogP contribution in [0.4, 0.5) is 0 Å². The van der Waals surface area contributed by atoms with Crippen molar-refractivity contribution in [2.45, 2.75) is 19.4 Å². The number of hydrogen-bond donors (Lipinski definition) is 2. The summed E-state index contributed by atoms with van der Waals surface area (Å²) in [6.45, 7) is 2.93. The van der Waals surface area contributed by atoms with Crippen LogP contribution in [0.5, 0.6) is 0 Å². The largest absolute Gasteiger partial charge is 0.396 e. The number of carbonyl (C=O) groups excluding carboxylic acids is 2. The van der Waals surface area contributed by atoms with Crippen molar-refractivity contribution in [3.05, 3.63) is 71.3 Å². The highest BCUT2D eigenvalue weighted by Crippen LogP contribution is 2.20. The zero-order valence-electron chi connectivity index (χ0n) is 14.9. The van der Waals surface area contributed by atoms with Gasteiger partial charge < -0.3 is 15.3 Å². The van der Waals surface area contributed by atoms with Crippen LogP contribution in [0.15, 0.2) is 54.6 Å². The van der Waals surface area contributed by atoms with Crippen LogP contribution in [0.2, 0.25) is 0 Å². The van der Waals surface area contributed by atoms with Gasteiger partial charge in [0.25, 0.3) is 11.8 Å². The molecule has 3 rings (SSSR count). The fraction of sp³-hybridized carbons (Fsp3) is 0.333. The standard InChI is InChI=1S/C21H24N2O3/c1-15-6-5-9-17(12-15)21(26)23-11-10-18(14-24)19(13-23)22-20(25)16-7-3-2-4-8-16/h2-9,12,18-19,24H,10-11,13-14H2,1H3,(H,22,25)/t18-,19-/m1/s1. The van der Waals surface area contributed by atoms with Crippen molar-refractivity contribution in [2.24, 2.45) is 5.92 Å². The maximum atomic E-state index is 12.8. The summed E-state index contributed by atoms with van der Waals surface area (Å²) in [5.74, 6) is -0.271. The highest BCUT2D eigenvalue weighted by molar-refractivity contribution is 5.95. The van der Waals surface area contributed by atoms with E-state index in [9.17, 15) is 14.7 Å². The summed E-state index contributed by atoms with van der Waals surface area (Å²) in [5.41, 5.74) is 2.27. The number of nitrogens with one attached hydrogen (secondary N) is 1. The molecule has 0 bridgehead atoms. The van der Waals surface area contributed by atoms with Crippen LogP contribution in [0.25, 0.3) is 0 Å². The fourth-order valence-electron chi connectivity index (χ4n) is 3.37. The Bertz CT molecular complexity index is 776. The van der Waals surface area contributed by atoms with E-state index in [4.69, 9.17) is 0 Å². The summed E-state index contributed by atoms with van der Waals surface area (Å²) in [6, 6.07) is 16.2. The van der Waals surface area contributed by atoms with E-state index in [1.807, 2.05) is 49.4 Å². The molecule has 5 heteroatoms.